The number of aromatic nitrogens is 2. The van der Waals surface area contributed by atoms with Gasteiger partial charge in [-0.1, -0.05) is 28.1 Å². The number of nitrogens with zero attached hydrogens (tertiary/aromatic N) is 1. The van der Waals surface area contributed by atoms with Crippen LogP contribution in [0, 0.1) is 0 Å². The Morgan fingerprint density at radius 3 is 2.46 bits per heavy atom. The fraction of sp³-hybridized carbons (Fsp3) is 0.136. The summed E-state index contributed by atoms with van der Waals surface area (Å²) >= 11 is 3.44. The van der Waals surface area contributed by atoms with Gasteiger partial charge in [0, 0.05) is 16.1 Å². The van der Waals surface area contributed by atoms with Gasteiger partial charge in [-0.3, -0.25) is 0 Å². The largest absolute Gasteiger partial charge is 0.497 e. The zero-order valence-corrected chi connectivity index (χ0v) is 17.1. The van der Waals surface area contributed by atoms with Crippen molar-refractivity contribution in [1.82, 2.24) is 9.97 Å². The lowest BCUT2D eigenvalue weighted by molar-refractivity contribution is 0.284. The number of nitrogens with one attached hydrogen (secondary N) is 1. The average molecular weight is 439 g/mol. The van der Waals surface area contributed by atoms with Crippen molar-refractivity contribution < 1.29 is 14.2 Å². The zero-order valence-electron chi connectivity index (χ0n) is 15.5. The number of halogens is 1. The van der Waals surface area contributed by atoms with Crippen LogP contribution in [0.2, 0.25) is 0 Å². The molecule has 0 radical (unpaired) electrons. The van der Waals surface area contributed by atoms with Crippen LogP contribution in [0.4, 0.5) is 0 Å². The molecule has 0 aliphatic carbocycles. The van der Waals surface area contributed by atoms with Crippen LogP contribution < -0.4 is 14.2 Å². The third kappa shape index (κ3) is 3.82. The van der Waals surface area contributed by atoms with Gasteiger partial charge in [-0.2, -0.15) is 0 Å². The van der Waals surface area contributed by atoms with Gasteiger partial charge in [-0.15, -0.1) is 0 Å². The molecule has 4 rings (SSSR count). The second-order valence-electron chi connectivity index (χ2n) is 6.25. The molecule has 0 saturated heterocycles. The minimum atomic E-state index is 0.466. The van der Waals surface area contributed by atoms with Crippen molar-refractivity contribution in [3.8, 4) is 28.6 Å². The van der Waals surface area contributed by atoms with E-state index in [0.717, 1.165) is 38.2 Å². The van der Waals surface area contributed by atoms with Gasteiger partial charge in [0.05, 0.1) is 25.3 Å². The molecule has 1 heterocycles. The molecule has 0 bridgehead atoms. The molecule has 3 aromatic carbocycles. The Hall–Kier alpha value is -2.99. The summed E-state index contributed by atoms with van der Waals surface area (Å²) in [4.78, 5) is 7.98. The molecule has 6 heteroatoms. The summed E-state index contributed by atoms with van der Waals surface area (Å²) in [6.07, 6.45) is 0. The van der Waals surface area contributed by atoms with Crippen molar-refractivity contribution in [2.24, 2.45) is 0 Å². The Kier molecular flexibility index (Phi) is 5.21. The van der Waals surface area contributed by atoms with Gasteiger partial charge in [0.25, 0.3) is 0 Å². The summed E-state index contributed by atoms with van der Waals surface area (Å²) in [5, 5.41) is 0. The predicted molar refractivity (Wildman–Crippen MR) is 113 cm³/mol. The second-order valence-corrected chi connectivity index (χ2v) is 7.16. The maximum atomic E-state index is 5.95. The summed E-state index contributed by atoms with van der Waals surface area (Å²) in [6.45, 7) is 0.466. The highest BCUT2D eigenvalue weighted by Crippen LogP contribution is 2.33. The van der Waals surface area contributed by atoms with Crippen LogP contribution in [0.3, 0.4) is 0 Å². The van der Waals surface area contributed by atoms with Crippen LogP contribution in [-0.4, -0.2) is 24.2 Å². The van der Waals surface area contributed by atoms with Crippen molar-refractivity contribution in [3.05, 3.63) is 70.7 Å². The van der Waals surface area contributed by atoms with E-state index in [2.05, 4.69) is 25.9 Å². The molecule has 0 fully saturated rings. The van der Waals surface area contributed by atoms with Gasteiger partial charge >= 0.3 is 0 Å². The van der Waals surface area contributed by atoms with Crippen LogP contribution in [0.1, 0.15) is 5.56 Å². The molecule has 1 aromatic heterocycles. The third-order valence-electron chi connectivity index (χ3n) is 4.43. The maximum absolute atomic E-state index is 5.95. The van der Waals surface area contributed by atoms with Crippen molar-refractivity contribution in [1.29, 1.82) is 0 Å². The van der Waals surface area contributed by atoms with E-state index < -0.39 is 0 Å². The molecular weight excluding hydrogens is 420 g/mol. The summed E-state index contributed by atoms with van der Waals surface area (Å²) in [7, 11) is 3.28. The number of fused-ring (bicyclic) bond motifs is 1. The van der Waals surface area contributed by atoms with E-state index in [4.69, 9.17) is 14.2 Å². The summed E-state index contributed by atoms with van der Waals surface area (Å²) < 4.78 is 17.8. The molecule has 1 N–H and O–H groups in total. The molecule has 0 unspecified atom stereocenters. The highest BCUT2D eigenvalue weighted by atomic mass is 79.9. The zero-order chi connectivity index (χ0) is 19.5. The smallest absolute Gasteiger partial charge is 0.161 e. The minimum absolute atomic E-state index is 0.466. The Morgan fingerprint density at radius 1 is 0.893 bits per heavy atom. The fourth-order valence-electron chi connectivity index (χ4n) is 2.93. The van der Waals surface area contributed by atoms with Gasteiger partial charge in [0.2, 0.25) is 0 Å². The highest BCUT2D eigenvalue weighted by Gasteiger charge is 2.11. The first-order valence-corrected chi connectivity index (χ1v) is 9.55. The lowest BCUT2D eigenvalue weighted by atomic mass is 10.2. The number of ether oxygens (including phenoxy) is 3. The van der Waals surface area contributed by atoms with Crippen LogP contribution >= 0.6 is 15.9 Å². The number of hydrogen-bond acceptors (Lipinski definition) is 4. The lowest BCUT2D eigenvalue weighted by Crippen LogP contribution is -1.98. The highest BCUT2D eigenvalue weighted by molar-refractivity contribution is 9.10. The molecule has 0 aliphatic rings. The molecule has 0 amide bonds. The van der Waals surface area contributed by atoms with Crippen molar-refractivity contribution >= 4 is 27.0 Å². The molecule has 28 heavy (non-hydrogen) atoms. The van der Waals surface area contributed by atoms with Crippen LogP contribution in [0.5, 0.6) is 17.2 Å². The Morgan fingerprint density at radius 2 is 1.71 bits per heavy atom. The molecule has 142 valence electrons. The van der Waals surface area contributed by atoms with E-state index in [9.17, 15) is 0 Å². The number of methoxy groups -OCH3 is 2. The van der Waals surface area contributed by atoms with Crippen molar-refractivity contribution in [2.45, 2.75) is 6.61 Å². The Bertz CT molecular complexity index is 1110. The van der Waals surface area contributed by atoms with Crippen molar-refractivity contribution in [3.63, 3.8) is 0 Å². The number of hydrogen-bond donors (Lipinski definition) is 1. The standard InChI is InChI=1S/C22H19BrN2O3/c1-26-17-8-9-18-19(12-17)25-22(24-18)15-5-10-20(21(11-15)27-2)28-13-14-3-6-16(23)7-4-14/h3-12H,13H2,1-2H3,(H,24,25). The lowest BCUT2D eigenvalue weighted by Gasteiger charge is -2.12. The molecule has 0 aliphatic heterocycles. The van der Waals surface area contributed by atoms with Gasteiger partial charge in [0.15, 0.2) is 11.5 Å². The maximum Gasteiger partial charge on any atom is 0.161 e. The first-order valence-electron chi connectivity index (χ1n) is 8.75. The van der Waals surface area contributed by atoms with Crippen LogP contribution in [-0.2, 0) is 6.61 Å². The van der Waals surface area contributed by atoms with Gasteiger partial charge < -0.3 is 19.2 Å². The van der Waals surface area contributed by atoms with E-state index in [1.54, 1.807) is 14.2 Å². The fourth-order valence-corrected chi connectivity index (χ4v) is 3.19. The summed E-state index contributed by atoms with van der Waals surface area (Å²) in [5.74, 6) is 2.90. The van der Waals surface area contributed by atoms with E-state index in [0.29, 0.717) is 18.1 Å². The number of benzene rings is 3. The Labute approximate surface area is 171 Å². The number of rotatable bonds is 6. The van der Waals surface area contributed by atoms with E-state index in [1.807, 2.05) is 60.7 Å². The van der Waals surface area contributed by atoms with E-state index >= 15 is 0 Å². The van der Waals surface area contributed by atoms with Gasteiger partial charge in [0.1, 0.15) is 18.2 Å². The molecule has 0 saturated carbocycles. The molecule has 4 aromatic rings. The van der Waals surface area contributed by atoms with Crippen molar-refractivity contribution in [2.75, 3.05) is 14.2 Å². The molecule has 0 spiro atoms. The normalized spacial score (nSPS) is 10.8. The van der Waals surface area contributed by atoms with Crippen LogP contribution in [0.15, 0.2) is 65.1 Å². The molecule has 5 nitrogen and oxygen atoms in total. The van der Waals surface area contributed by atoms with Gasteiger partial charge in [-0.25, -0.2) is 4.98 Å². The van der Waals surface area contributed by atoms with E-state index in [1.165, 1.54) is 0 Å². The minimum Gasteiger partial charge on any atom is -0.497 e. The van der Waals surface area contributed by atoms with E-state index in [-0.39, 0.29) is 0 Å². The second kappa shape index (κ2) is 7.94. The summed E-state index contributed by atoms with van der Waals surface area (Å²) in [6, 6.07) is 19.6. The molecule has 0 atom stereocenters. The first-order chi connectivity index (χ1) is 13.7. The quantitative estimate of drug-likeness (QED) is 0.426. The Balaban J connectivity index is 1.58. The summed E-state index contributed by atoms with van der Waals surface area (Å²) in [5.41, 5.74) is 3.80. The monoisotopic (exact) mass is 438 g/mol. The average Bonchev–Trinajstić information content (AvgIpc) is 3.16. The van der Waals surface area contributed by atoms with Gasteiger partial charge in [-0.05, 0) is 48.0 Å². The predicted octanol–water partition coefficient (Wildman–Crippen LogP) is 5.59. The topological polar surface area (TPSA) is 56.4 Å². The SMILES string of the molecule is COc1ccc2nc(-c3ccc(OCc4ccc(Br)cc4)c(OC)c3)[nH]c2c1. The number of aromatic amines is 1. The molecular formula is C22H19BrN2O3. The first kappa shape index (κ1) is 18.4. The number of H-pyrrole nitrogens is 1. The number of imidazole rings is 1. The van der Waals surface area contributed by atoms with Crippen LogP contribution in [0.25, 0.3) is 22.4 Å². The third-order valence-corrected chi connectivity index (χ3v) is 4.96.